The molecule has 0 aliphatic carbocycles. The van der Waals surface area contributed by atoms with E-state index in [0.29, 0.717) is 30.3 Å². The summed E-state index contributed by atoms with van der Waals surface area (Å²) in [6, 6.07) is 15.7. The quantitative estimate of drug-likeness (QED) is 0.848. The second-order valence-corrected chi connectivity index (χ2v) is 6.65. The molecule has 2 aliphatic heterocycles. The van der Waals surface area contributed by atoms with Crippen LogP contribution in [0.2, 0.25) is 0 Å². The first-order valence-corrected chi connectivity index (χ1v) is 8.75. The van der Waals surface area contributed by atoms with E-state index in [2.05, 4.69) is 12.1 Å². The molecule has 5 heteroatoms. The molecule has 2 aromatic carbocycles. The van der Waals surface area contributed by atoms with Crippen LogP contribution in [0.4, 0.5) is 0 Å². The number of carbonyl (C=O) groups excluding carboxylic acids is 1. The molecule has 0 aromatic heterocycles. The summed E-state index contributed by atoms with van der Waals surface area (Å²) in [4.78, 5) is 15.0. The van der Waals surface area contributed by atoms with Crippen molar-refractivity contribution in [3.63, 3.8) is 0 Å². The summed E-state index contributed by atoms with van der Waals surface area (Å²) in [5.74, 6) is 2.18. The maximum absolute atomic E-state index is 13.1. The monoisotopic (exact) mass is 327 g/mol. The highest BCUT2D eigenvalue weighted by Gasteiger charge is 2.33. The van der Waals surface area contributed by atoms with Crippen LogP contribution in [0.5, 0.6) is 11.5 Å². The molecule has 0 bridgehead atoms. The Morgan fingerprint density at radius 3 is 2.74 bits per heavy atom. The van der Waals surface area contributed by atoms with Crippen molar-refractivity contribution in [2.75, 3.05) is 25.5 Å². The molecule has 4 nitrogen and oxygen atoms in total. The van der Waals surface area contributed by atoms with Gasteiger partial charge in [-0.2, -0.15) is 0 Å². The zero-order valence-electron chi connectivity index (χ0n) is 12.6. The van der Waals surface area contributed by atoms with Gasteiger partial charge in [0.25, 0.3) is 5.91 Å². The molecule has 2 aliphatic rings. The number of fused-ring (bicyclic) bond motifs is 1. The summed E-state index contributed by atoms with van der Waals surface area (Å²) < 4.78 is 11.3. The topological polar surface area (TPSA) is 38.8 Å². The molecule has 0 N–H and O–H groups in total. The van der Waals surface area contributed by atoms with Crippen LogP contribution in [0.3, 0.4) is 0 Å². The van der Waals surface area contributed by atoms with E-state index in [-0.39, 0.29) is 11.3 Å². The van der Waals surface area contributed by atoms with E-state index < -0.39 is 0 Å². The molecule has 1 atom stereocenters. The molecule has 4 rings (SSSR count). The molecule has 1 fully saturated rings. The lowest BCUT2D eigenvalue weighted by Gasteiger charge is -2.26. The minimum absolute atomic E-state index is 0.00574. The van der Waals surface area contributed by atoms with Gasteiger partial charge in [-0.1, -0.05) is 36.4 Å². The van der Waals surface area contributed by atoms with Gasteiger partial charge in [-0.3, -0.25) is 4.79 Å². The highest BCUT2D eigenvalue weighted by Crippen LogP contribution is 2.41. The maximum atomic E-state index is 13.1. The Bertz CT molecular complexity index is 719. The van der Waals surface area contributed by atoms with Gasteiger partial charge in [0.1, 0.15) is 18.6 Å². The third-order valence-electron chi connectivity index (χ3n) is 4.03. The molecule has 2 heterocycles. The summed E-state index contributed by atoms with van der Waals surface area (Å²) >= 11 is 1.80. The Kier molecular flexibility index (Phi) is 3.87. The van der Waals surface area contributed by atoms with E-state index in [1.807, 2.05) is 41.3 Å². The number of carbonyl (C=O) groups is 1. The fourth-order valence-corrected chi connectivity index (χ4v) is 4.22. The number of nitrogens with zero attached hydrogens (tertiary/aromatic N) is 1. The van der Waals surface area contributed by atoms with Crippen molar-refractivity contribution in [1.82, 2.24) is 4.90 Å². The Labute approximate surface area is 139 Å². The SMILES string of the molecule is O=C(c1cccc2c1OCCO2)N1CCSC1c1ccccc1. The second-order valence-electron chi connectivity index (χ2n) is 5.46. The molecule has 0 saturated carbocycles. The summed E-state index contributed by atoms with van der Waals surface area (Å²) in [5, 5.41) is 0.0593. The van der Waals surface area contributed by atoms with Crippen LogP contribution in [0.25, 0.3) is 0 Å². The highest BCUT2D eigenvalue weighted by atomic mass is 32.2. The van der Waals surface area contributed by atoms with Gasteiger partial charge in [0.2, 0.25) is 0 Å². The summed E-state index contributed by atoms with van der Waals surface area (Å²) in [6.07, 6.45) is 0. The predicted molar refractivity (Wildman–Crippen MR) is 90.1 cm³/mol. The van der Waals surface area contributed by atoms with Crippen LogP contribution >= 0.6 is 11.8 Å². The van der Waals surface area contributed by atoms with Crippen LogP contribution < -0.4 is 9.47 Å². The standard InChI is InChI=1S/C18H17NO3S/c20-17(14-7-4-8-15-16(14)22-11-10-21-15)19-9-12-23-18(19)13-5-2-1-3-6-13/h1-8,18H,9-12H2. The molecule has 1 unspecified atom stereocenters. The third-order valence-corrected chi connectivity index (χ3v) is 5.29. The van der Waals surface area contributed by atoms with Gasteiger partial charge in [0, 0.05) is 12.3 Å². The van der Waals surface area contributed by atoms with Crippen molar-refractivity contribution in [3.8, 4) is 11.5 Å². The predicted octanol–water partition coefficient (Wildman–Crippen LogP) is 3.35. The van der Waals surface area contributed by atoms with Crippen molar-refractivity contribution in [2.45, 2.75) is 5.37 Å². The molecule has 1 amide bonds. The number of benzene rings is 2. The number of para-hydroxylation sites is 1. The average Bonchev–Trinajstić information content (AvgIpc) is 3.11. The third kappa shape index (κ3) is 2.65. The number of amides is 1. The van der Waals surface area contributed by atoms with E-state index in [1.165, 1.54) is 0 Å². The van der Waals surface area contributed by atoms with Crippen LogP contribution in [0.15, 0.2) is 48.5 Å². The molecule has 118 valence electrons. The Hall–Kier alpha value is -2.14. The fraction of sp³-hybridized carbons (Fsp3) is 0.278. The van der Waals surface area contributed by atoms with Gasteiger partial charge in [-0.25, -0.2) is 0 Å². The number of thioether (sulfide) groups is 1. The maximum Gasteiger partial charge on any atom is 0.258 e. The van der Waals surface area contributed by atoms with Gasteiger partial charge in [0.15, 0.2) is 11.5 Å². The highest BCUT2D eigenvalue weighted by molar-refractivity contribution is 7.99. The van der Waals surface area contributed by atoms with E-state index >= 15 is 0 Å². The Balaban J connectivity index is 1.66. The van der Waals surface area contributed by atoms with Crippen molar-refractivity contribution in [2.24, 2.45) is 0 Å². The number of hydrogen-bond acceptors (Lipinski definition) is 4. The van der Waals surface area contributed by atoms with Crippen molar-refractivity contribution in [1.29, 1.82) is 0 Å². The number of ether oxygens (including phenoxy) is 2. The lowest BCUT2D eigenvalue weighted by atomic mass is 10.1. The van der Waals surface area contributed by atoms with Gasteiger partial charge >= 0.3 is 0 Å². The first-order chi connectivity index (χ1) is 11.3. The first kappa shape index (κ1) is 14.5. The molecule has 1 saturated heterocycles. The summed E-state index contributed by atoms with van der Waals surface area (Å²) in [5.41, 5.74) is 1.75. The number of rotatable bonds is 2. The lowest BCUT2D eigenvalue weighted by molar-refractivity contribution is 0.0749. The van der Waals surface area contributed by atoms with Crippen molar-refractivity contribution >= 4 is 17.7 Å². The summed E-state index contributed by atoms with van der Waals surface area (Å²) in [6.45, 7) is 1.75. The Morgan fingerprint density at radius 2 is 1.87 bits per heavy atom. The molecule has 23 heavy (non-hydrogen) atoms. The average molecular weight is 327 g/mol. The van der Waals surface area contributed by atoms with Crippen LogP contribution in [0, 0.1) is 0 Å². The van der Waals surface area contributed by atoms with Crippen LogP contribution in [-0.2, 0) is 0 Å². The van der Waals surface area contributed by atoms with Crippen LogP contribution in [-0.4, -0.2) is 36.3 Å². The smallest absolute Gasteiger partial charge is 0.258 e. The fourth-order valence-electron chi connectivity index (χ4n) is 2.97. The lowest BCUT2D eigenvalue weighted by Crippen LogP contribution is -2.31. The summed E-state index contributed by atoms with van der Waals surface area (Å²) in [7, 11) is 0. The largest absolute Gasteiger partial charge is 0.486 e. The van der Waals surface area contributed by atoms with Gasteiger partial charge in [0.05, 0.1) is 5.56 Å². The van der Waals surface area contributed by atoms with Crippen molar-refractivity contribution < 1.29 is 14.3 Å². The Morgan fingerprint density at radius 1 is 1.04 bits per heavy atom. The zero-order valence-corrected chi connectivity index (χ0v) is 13.4. The number of hydrogen-bond donors (Lipinski definition) is 0. The molecular formula is C18H17NO3S. The zero-order chi connectivity index (χ0) is 15.6. The molecule has 2 aromatic rings. The van der Waals surface area contributed by atoms with Gasteiger partial charge < -0.3 is 14.4 Å². The minimum atomic E-state index is 0.00574. The normalized spacial score (nSPS) is 19.7. The van der Waals surface area contributed by atoms with Crippen LogP contribution in [0.1, 0.15) is 21.3 Å². The molecule has 0 spiro atoms. The second kappa shape index (κ2) is 6.16. The van der Waals surface area contributed by atoms with E-state index in [9.17, 15) is 4.79 Å². The van der Waals surface area contributed by atoms with E-state index in [4.69, 9.17) is 9.47 Å². The first-order valence-electron chi connectivity index (χ1n) is 7.71. The molecule has 0 radical (unpaired) electrons. The molecular weight excluding hydrogens is 310 g/mol. The minimum Gasteiger partial charge on any atom is -0.486 e. The van der Waals surface area contributed by atoms with E-state index in [0.717, 1.165) is 17.9 Å². The van der Waals surface area contributed by atoms with Crippen molar-refractivity contribution in [3.05, 3.63) is 59.7 Å². The van der Waals surface area contributed by atoms with Gasteiger partial charge in [-0.15, -0.1) is 11.8 Å². The van der Waals surface area contributed by atoms with E-state index in [1.54, 1.807) is 11.8 Å². The van der Waals surface area contributed by atoms with Gasteiger partial charge in [-0.05, 0) is 17.7 Å².